The van der Waals surface area contributed by atoms with Crippen molar-refractivity contribution in [2.75, 3.05) is 19.0 Å². The highest BCUT2D eigenvalue weighted by Gasteiger charge is 2.26. The van der Waals surface area contributed by atoms with Crippen molar-refractivity contribution in [2.45, 2.75) is 53.9 Å². The van der Waals surface area contributed by atoms with Crippen LogP contribution in [-0.4, -0.2) is 25.5 Å². The lowest BCUT2D eigenvalue weighted by Crippen LogP contribution is -2.25. The summed E-state index contributed by atoms with van der Waals surface area (Å²) in [6.45, 7) is 10.6. The molecule has 36 heavy (non-hydrogen) atoms. The maximum atomic E-state index is 12.6. The van der Waals surface area contributed by atoms with Gasteiger partial charge < -0.3 is 19.9 Å². The van der Waals surface area contributed by atoms with E-state index in [4.69, 9.17) is 9.26 Å². The quantitative estimate of drug-likeness (QED) is 0.215. The summed E-state index contributed by atoms with van der Waals surface area (Å²) < 4.78 is 10.7. The number of anilines is 1. The van der Waals surface area contributed by atoms with E-state index in [9.17, 15) is 9.59 Å². The zero-order chi connectivity index (χ0) is 26.7. The van der Waals surface area contributed by atoms with Gasteiger partial charge in [-0.25, -0.2) is 0 Å². The van der Waals surface area contributed by atoms with Crippen molar-refractivity contribution in [1.29, 1.82) is 0 Å². The molecule has 2 rings (SSSR count). The van der Waals surface area contributed by atoms with Crippen LogP contribution in [0.1, 0.15) is 53.9 Å². The van der Waals surface area contributed by atoms with Crippen molar-refractivity contribution in [1.82, 2.24) is 5.32 Å². The van der Waals surface area contributed by atoms with Gasteiger partial charge in [0, 0.05) is 19.2 Å². The Balaban J connectivity index is 2.04. The van der Waals surface area contributed by atoms with Crippen LogP contribution in [0.4, 0.5) is 5.69 Å². The second-order valence-corrected chi connectivity index (χ2v) is 9.89. The largest absolute Gasteiger partial charge is 0.481 e. The molecule has 0 spiro atoms. The maximum Gasteiger partial charge on any atom is 0.257 e. The van der Waals surface area contributed by atoms with Gasteiger partial charge in [0.05, 0.1) is 15.2 Å². The van der Waals surface area contributed by atoms with Crippen molar-refractivity contribution in [3.63, 3.8) is 0 Å². The molecule has 2 amide bonds. The minimum atomic E-state index is -0.302. The Bertz CT molecular complexity index is 1110. The van der Waals surface area contributed by atoms with Crippen LogP contribution < -0.4 is 19.9 Å². The molecule has 6 nitrogen and oxygen atoms in total. The number of ether oxygens (including phenoxy) is 1. The summed E-state index contributed by atoms with van der Waals surface area (Å²) in [4.78, 5) is 24.1. The summed E-state index contributed by atoms with van der Waals surface area (Å²) in [7, 11) is 3.68. The number of allylic oxidation sites excluding steroid dienone is 9. The molecule has 0 heterocycles. The number of likely N-dealkylation sites (N-methyl/N-ethyl adjacent to an activating group) is 1. The molecule has 1 aliphatic rings. The smallest absolute Gasteiger partial charge is 0.257 e. The van der Waals surface area contributed by atoms with Crippen LogP contribution in [0.25, 0.3) is 0 Å². The molecule has 0 aromatic heterocycles. The van der Waals surface area contributed by atoms with Gasteiger partial charge in [-0.1, -0.05) is 55.4 Å². The minimum Gasteiger partial charge on any atom is -0.481 e. The molecular weight excluding hydrogens is 471 g/mol. The number of rotatable bonds is 10. The zero-order valence-corrected chi connectivity index (χ0v) is 23.4. The van der Waals surface area contributed by atoms with Gasteiger partial charge in [-0.3, -0.25) is 9.59 Å². The van der Waals surface area contributed by atoms with Crippen molar-refractivity contribution in [2.24, 2.45) is 5.41 Å². The Morgan fingerprint density at radius 1 is 1.17 bits per heavy atom. The molecule has 1 atom stereocenters. The predicted octanol–water partition coefficient (Wildman–Crippen LogP) is 6.45. The molecule has 0 bridgehead atoms. The number of hydrogen-bond donors (Lipinski definition) is 2. The summed E-state index contributed by atoms with van der Waals surface area (Å²) in [5.41, 5.74) is 5.52. The first-order chi connectivity index (χ1) is 17.1. The molecule has 0 aliphatic heterocycles. The third-order valence-corrected chi connectivity index (χ3v) is 6.39. The van der Waals surface area contributed by atoms with Crippen LogP contribution in [0.2, 0.25) is 0 Å². The van der Waals surface area contributed by atoms with Crippen LogP contribution in [0.5, 0.6) is 11.5 Å². The van der Waals surface area contributed by atoms with E-state index in [1.807, 2.05) is 25.2 Å². The van der Waals surface area contributed by atoms with Crippen LogP contribution in [0.15, 0.2) is 76.9 Å². The van der Waals surface area contributed by atoms with Crippen molar-refractivity contribution in [3.8, 4) is 11.5 Å². The Labute approximate surface area is 217 Å². The van der Waals surface area contributed by atoms with Gasteiger partial charge >= 0.3 is 0 Å². The Morgan fingerprint density at radius 2 is 1.92 bits per heavy atom. The van der Waals surface area contributed by atoms with E-state index in [1.165, 1.54) is 43.5 Å². The molecule has 1 aliphatic carbocycles. The van der Waals surface area contributed by atoms with Gasteiger partial charge in [0.1, 0.15) is 11.5 Å². The number of carbonyl (C=O) groups excluding carboxylic acids is 2. The van der Waals surface area contributed by atoms with Crippen LogP contribution in [0, 0.1) is 5.41 Å². The number of amides is 2. The average molecular weight is 511 g/mol. The Morgan fingerprint density at radius 3 is 2.58 bits per heavy atom. The molecule has 1 aromatic rings. The van der Waals surface area contributed by atoms with Gasteiger partial charge in [-0.15, -0.1) is 0 Å². The maximum absolute atomic E-state index is 12.6. The molecule has 194 valence electrons. The average Bonchev–Trinajstić information content (AvgIpc) is 2.82. The molecule has 0 fully saturated rings. The number of benzene rings is 1. The molecule has 1 unspecified atom stereocenters. The Kier molecular flexibility index (Phi) is 11.2. The monoisotopic (exact) mass is 510 g/mol. The lowest BCUT2D eigenvalue weighted by atomic mass is 9.72. The minimum absolute atomic E-state index is 0.175. The summed E-state index contributed by atoms with van der Waals surface area (Å²) in [6, 6.07) is 4.96. The standard InChI is InChI=1S/C29H39N2O4P/c1-20(12-14-24-22(3)11-8-16-29(24,4)5)9-7-10-21(2)17-27(32)31-25-15-13-23(35-36)18-26(25)34-19-28(33)30-6/h7,9-10,12-15,17-18H,8,11,16,19,36H2,1-6H3,(H,30,33)(H,31,32)/b10-7+,14-12+,20-9+,21-17+. The highest BCUT2D eigenvalue weighted by molar-refractivity contribution is 7.10. The highest BCUT2D eigenvalue weighted by atomic mass is 31.0. The molecule has 2 N–H and O–H groups in total. The summed E-state index contributed by atoms with van der Waals surface area (Å²) in [5.74, 6) is 0.279. The van der Waals surface area contributed by atoms with Gasteiger partial charge in [0.25, 0.3) is 5.91 Å². The normalized spacial score (nSPS) is 16.4. The first kappa shape index (κ1) is 29.1. The fraction of sp³-hybridized carbons (Fsp3) is 0.379. The SMILES string of the molecule is CNC(=O)COc1cc(OP)ccc1NC(=O)/C=C(C)/C=C/C=C(C)/C=C/C1=C(C)CCCC1(C)C. The van der Waals surface area contributed by atoms with E-state index in [0.717, 1.165) is 11.1 Å². The molecule has 0 saturated carbocycles. The number of carbonyl (C=O) groups is 2. The molecular formula is C29H39N2O4P. The van der Waals surface area contributed by atoms with E-state index in [2.05, 4.69) is 59.9 Å². The first-order valence-electron chi connectivity index (χ1n) is 12.1. The summed E-state index contributed by atoms with van der Waals surface area (Å²) in [6.07, 6.45) is 15.4. The van der Waals surface area contributed by atoms with E-state index < -0.39 is 0 Å². The first-order valence-corrected chi connectivity index (χ1v) is 12.6. The van der Waals surface area contributed by atoms with Crippen molar-refractivity contribution >= 4 is 27.0 Å². The fourth-order valence-corrected chi connectivity index (χ4v) is 4.22. The molecule has 0 saturated heterocycles. The molecule has 0 radical (unpaired) electrons. The predicted molar refractivity (Wildman–Crippen MR) is 151 cm³/mol. The van der Waals surface area contributed by atoms with Gasteiger partial charge in [-0.2, -0.15) is 0 Å². The number of hydrogen-bond acceptors (Lipinski definition) is 4. The van der Waals surface area contributed by atoms with Gasteiger partial charge in [0.15, 0.2) is 6.61 Å². The van der Waals surface area contributed by atoms with E-state index in [-0.39, 0.29) is 23.8 Å². The molecule has 7 heteroatoms. The second kappa shape index (κ2) is 13.8. The highest BCUT2D eigenvalue weighted by Crippen LogP contribution is 2.40. The zero-order valence-electron chi connectivity index (χ0n) is 22.2. The van der Waals surface area contributed by atoms with E-state index in [0.29, 0.717) is 17.2 Å². The summed E-state index contributed by atoms with van der Waals surface area (Å²) in [5, 5.41) is 5.29. The Hall–Kier alpha value is -3.11. The lowest BCUT2D eigenvalue weighted by molar-refractivity contribution is -0.122. The van der Waals surface area contributed by atoms with E-state index in [1.54, 1.807) is 18.2 Å². The third-order valence-electron chi connectivity index (χ3n) is 6.12. The number of nitrogens with one attached hydrogen (secondary N) is 2. The fourth-order valence-electron chi connectivity index (χ4n) is 4.07. The molecule has 1 aromatic carbocycles. The topological polar surface area (TPSA) is 76.7 Å². The van der Waals surface area contributed by atoms with E-state index >= 15 is 0 Å². The third kappa shape index (κ3) is 9.16. The van der Waals surface area contributed by atoms with Crippen molar-refractivity contribution in [3.05, 3.63) is 76.9 Å². The lowest BCUT2D eigenvalue weighted by Gasteiger charge is -2.32. The van der Waals surface area contributed by atoms with Crippen LogP contribution >= 0.6 is 9.47 Å². The van der Waals surface area contributed by atoms with Gasteiger partial charge in [-0.05, 0) is 68.7 Å². The van der Waals surface area contributed by atoms with Gasteiger partial charge in [0.2, 0.25) is 5.91 Å². The summed E-state index contributed by atoms with van der Waals surface area (Å²) >= 11 is 0. The van der Waals surface area contributed by atoms with Crippen LogP contribution in [-0.2, 0) is 9.59 Å². The van der Waals surface area contributed by atoms with Crippen LogP contribution in [0.3, 0.4) is 0 Å². The second-order valence-electron chi connectivity index (χ2n) is 9.65. The van der Waals surface area contributed by atoms with Crippen molar-refractivity contribution < 1.29 is 18.8 Å².